The van der Waals surface area contributed by atoms with Crippen LogP contribution in [0.15, 0.2) is 12.1 Å². The molecule has 1 nitrogen and oxygen atoms in total. The lowest BCUT2D eigenvalue weighted by Gasteiger charge is -2.24. The number of halogens is 1. The normalized spacial score (nSPS) is 21.6. The lowest BCUT2D eigenvalue weighted by molar-refractivity contribution is 0.166. The Bertz CT molecular complexity index is 470. The van der Waals surface area contributed by atoms with Gasteiger partial charge < -0.3 is 4.74 Å². The van der Waals surface area contributed by atoms with E-state index in [4.69, 9.17) is 4.74 Å². The third kappa shape index (κ3) is 2.77. The smallest absolute Gasteiger partial charge is 0.129 e. The van der Waals surface area contributed by atoms with Gasteiger partial charge in [0.05, 0.1) is 6.61 Å². The summed E-state index contributed by atoms with van der Waals surface area (Å²) < 4.78 is 19.8. The number of aryl methyl sites for hydroxylation is 1. The van der Waals surface area contributed by atoms with Crippen molar-refractivity contribution in [1.82, 2.24) is 0 Å². The second-order valence-corrected chi connectivity index (χ2v) is 6.72. The van der Waals surface area contributed by atoms with Gasteiger partial charge in [-0.05, 0) is 55.7 Å². The summed E-state index contributed by atoms with van der Waals surface area (Å²) in [6.07, 6.45) is 7.52. The molecule has 0 spiro atoms. The molecule has 2 aliphatic rings. The molecule has 3 rings (SSSR count). The molecule has 2 fully saturated rings. The Morgan fingerprint density at radius 3 is 2.58 bits per heavy atom. The molecule has 2 saturated carbocycles. The van der Waals surface area contributed by atoms with E-state index in [0.29, 0.717) is 11.3 Å². The van der Waals surface area contributed by atoms with Crippen LogP contribution in [0, 0.1) is 18.2 Å². The molecule has 2 heteroatoms. The van der Waals surface area contributed by atoms with Gasteiger partial charge in [-0.3, -0.25) is 0 Å². The predicted molar refractivity (Wildman–Crippen MR) is 75.2 cm³/mol. The van der Waals surface area contributed by atoms with Gasteiger partial charge in [-0.15, -0.1) is 0 Å². The summed E-state index contributed by atoms with van der Waals surface area (Å²) in [6.45, 7) is 4.86. The monoisotopic (exact) mass is 262 g/mol. The highest BCUT2D eigenvalue weighted by Gasteiger charge is 2.31. The Hall–Kier alpha value is -1.05. The Balaban J connectivity index is 1.77. The van der Waals surface area contributed by atoms with Gasteiger partial charge in [0.1, 0.15) is 11.6 Å². The maximum atomic E-state index is 13.8. The number of rotatable bonds is 4. The summed E-state index contributed by atoms with van der Waals surface area (Å²) >= 11 is 0. The fourth-order valence-electron chi connectivity index (χ4n) is 3.15. The van der Waals surface area contributed by atoms with E-state index in [1.54, 1.807) is 6.07 Å². The number of benzene rings is 1. The zero-order valence-electron chi connectivity index (χ0n) is 12.0. The molecule has 1 aromatic carbocycles. The maximum absolute atomic E-state index is 13.8. The minimum Gasteiger partial charge on any atom is -0.493 e. The highest BCUT2D eigenvalue weighted by molar-refractivity contribution is 5.42. The average molecular weight is 262 g/mol. The summed E-state index contributed by atoms with van der Waals surface area (Å²) in [7, 11) is 0. The van der Waals surface area contributed by atoms with Crippen LogP contribution in [-0.2, 0) is 0 Å². The van der Waals surface area contributed by atoms with Gasteiger partial charge in [-0.2, -0.15) is 0 Å². The topological polar surface area (TPSA) is 9.23 Å². The second-order valence-electron chi connectivity index (χ2n) is 6.72. The van der Waals surface area contributed by atoms with Gasteiger partial charge in [-0.1, -0.05) is 19.8 Å². The molecule has 104 valence electrons. The standard InChI is InChI=1S/C17H23FO/c1-12-9-14(13-5-6-13)16(10-15(12)18)19-11-17(2)7-3-4-8-17/h9-10,13H,3-8,11H2,1-2H3. The summed E-state index contributed by atoms with van der Waals surface area (Å²) in [6, 6.07) is 3.58. The van der Waals surface area contributed by atoms with Crippen LogP contribution in [0.2, 0.25) is 0 Å². The van der Waals surface area contributed by atoms with Crippen LogP contribution in [0.4, 0.5) is 4.39 Å². The number of ether oxygens (including phenoxy) is 1. The molecule has 2 aliphatic carbocycles. The van der Waals surface area contributed by atoms with E-state index in [0.717, 1.165) is 17.9 Å². The molecule has 0 amide bonds. The van der Waals surface area contributed by atoms with Crippen molar-refractivity contribution in [1.29, 1.82) is 0 Å². The highest BCUT2D eigenvalue weighted by atomic mass is 19.1. The minimum atomic E-state index is -0.143. The van der Waals surface area contributed by atoms with Crippen LogP contribution in [0.5, 0.6) is 5.75 Å². The molecule has 0 atom stereocenters. The van der Waals surface area contributed by atoms with Crippen molar-refractivity contribution in [2.75, 3.05) is 6.61 Å². The SMILES string of the molecule is Cc1cc(C2CC2)c(OCC2(C)CCCC2)cc1F. The first kappa shape index (κ1) is 13.0. The van der Waals surface area contributed by atoms with Crippen molar-refractivity contribution in [2.24, 2.45) is 5.41 Å². The van der Waals surface area contributed by atoms with E-state index in [9.17, 15) is 4.39 Å². The Morgan fingerprint density at radius 2 is 1.95 bits per heavy atom. The molecule has 0 N–H and O–H groups in total. The summed E-state index contributed by atoms with van der Waals surface area (Å²) in [5, 5.41) is 0. The van der Waals surface area contributed by atoms with Crippen LogP contribution in [0.3, 0.4) is 0 Å². The maximum Gasteiger partial charge on any atom is 0.129 e. The van der Waals surface area contributed by atoms with E-state index in [1.807, 2.05) is 13.0 Å². The molecule has 0 aliphatic heterocycles. The fraction of sp³-hybridized carbons (Fsp3) is 0.647. The summed E-state index contributed by atoms with van der Waals surface area (Å²) in [4.78, 5) is 0. The van der Waals surface area contributed by atoms with E-state index >= 15 is 0 Å². The van der Waals surface area contributed by atoms with Gasteiger partial charge in [0.2, 0.25) is 0 Å². The quantitative estimate of drug-likeness (QED) is 0.744. The third-order valence-electron chi connectivity index (χ3n) is 4.70. The van der Waals surface area contributed by atoms with E-state index in [1.165, 1.54) is 44.1 Å². The van der Waals surface area contributed by atoms with Crippen molar-refractivity contribution < 1.29 is 9.13 Å². The molecule has 0 bridgehead atoms. The lowest BCUT2D eigenvalue weighted by Crippen LogP contribution is -2.21. The predicted octanol–water partition coefficient (Wildman–Crippen LogP) is 4.97. The van der Waals surface area contributed by atoms with Crippen LogP contribution in [0.25, 0.3) is 0 Å². The summed E-state index contributed by atoms with van der Waals surface area (Å²) in [5.74, 6) is 1.25. The molecule has 0 unspecified atom stereocenters. The molecule has 1 aromatic rings. The van der Waals surface area contributed by atoms with E-state index in [2.05, 4.69) is 6.92 Å². The molecule has 0 aromatic heterocycles. The molecular formula is C17H23FO. The van der Waals surface area contributed by atoms with Crippen molar-refractivity contribution >= 4 is 0 Å². The largest absolute Gasteiger partial charge is 0.493 e. The minimum absolute atomic E-state index is 0.143. The Labute approximate surface area is 115 Å². The first-order valence-electron chi connectivity index (χ1n) is 7.50. The van der Waals surface area contributed by atoms with Crippen LogP contribution >= 0.6 is 0 Å². The molecule has 19 heavy (non-hydrogen) atoms. The molecule has 0 saturated heterocycles. The first-order chi connectivity index (χ1) is 9.07. The Kier molecular flexibility index (Phi) is 3.28. The van der Waals surface area contributed by atoms with Crippen molar-refractivity contribution in [3.05, 3.63) is 29.1 Å². The fourth-order valence-corrected chi connectivity index (χ4v) is 3.15. The first-order valence-corrected chi connectivity index (χ1v) is 7.50. The second kappa shape index (κ2) is 4.81. The van der Waals surface area contributed by atoms with Gasteiger partial charge in [-0.25, -0.2) is 4.39 Å². The lowest BCUT2D eigenvalue weighted by atomic mass is 9.90. The molecular weight excluding hydrogens is 239 g/mol. The zero-order chi connectivity index (χ0) is 13.5. The molecule has 0 radical (unpaired) electrons. The third-order valence-corrected chi connectivity index (χ3v) is 4.70. The molecule has 0 heterocycles. The zero-order valence-corrected chi connectivity index (χ0v) is 12.0. The van der Waals surface area contributed by atoms with Gasteiger partial charge in [0, 0.05) is 11.5 Å². The van der Waals surface area contributed by atoms with Crippen LogP contribution < -0.4 is 4.74 Å². The number of hydrogen-bond donors (Lipinski definition) is 0. The van der Waals surface area contributed by atoms with Crippen molar-refractivity contribution in [3.8, 4) is 5.75 Å². The Morgan fingerprint density at radius 1 is 1.26 bits per heavy atom. The van der Waals surface area contributed by atoms with E-state index < -0.39 is 0 Å². The average Bonchev–Trinajstić information content (AvgIpc) is 3.13. The van der Waals surface area contributed by atoms with Crippen molar-refractivity contribution in [2.45, 2.75) is 58.3 Å². The van der Waals surface area contributed by atoms with Crippen LogP contribution in [-0.4, -0.2) is 6.61 Å². The van der Waals surface area contributed by atoms with Gasteiger partial charge >= 0.3 is 0 Å². The van der Waals surface area contributed by atoms with Gasteiger partial charge in [0.15, 0.2) is 0 Å². The highest BCUT2D eigenvalue weighted by Crippen LogP contribution is 2.46. The van der Waals surface area contributed by atoms with E-state index in [-0.39, 0.29) is 5.82 Å². The van der Waals surface area contributed by atoms with Gasteiger partial charge in [0.25, 0.3) is 0 Å². The van der Waals surface area contributed by atoms with Crippen molar-refractivity contribution in [3.63, 3.8) is 0 Å². The number of hydrogen-bond acceptors (Lipinski definition) is 1. The van der Waals surface area contributed by atoms with Crippen LogP contribution in [0.1, 0.15) is 62.5 Å². The summed E-state index contributed by atoms with van der Waals surface area (Å²) in [5.41, 5.74) is 2.25.